The van der Waals surface area contributed by atoms with E-state index in [1.165, 1.54) is 16.7 Å². The third-order valence-electron chi connectivity index (χ3n) is 3.45. The van der Waals surface area contributed by atoms with Crippen LogP contribution in [0.5, 0.6) is 5.75 Å². The fraction of sp³-hybridized carbons (Fsp3) is 0.333. The summed E-state index contributed by atoms with van der Waals surface area (Å²) in [6, 6.07) is 14.5. The van der Waals surface area contributed by atoms with E-state index in [-0.39, 0.29) is 0 Å². The molecule has 106 valence electrons. The summed E-state index contributed by atoms with van der Waals surface area (Å²) < 4.78 is 5.77. The van der Waals surface area contributed by atoms with E-state index in [4.69, 9.17) is 4.74 Å². The second-order valence-corrected chi connectivity index (χ2v) is 5.07. The van der Waals surface area contributed by atoms with Gasteiger partial charge in [0.25, 0.3) is 0 Å². The highest BCUT2D eigenvalue weighted by Crippen LogP contribution is 2.25. The number of nitrogens with one attached hydrogen (secondary N) is 1. The molecule has 0 radical (unpaired) electrons. The molecule has 0 saturated carbocycles. The molecule has 0 bridgehead atoms. The lowest BCUT2D eigenvalue weighted by atomic mass is 10.0. The van der Waals surface area contributed by atoms with E-state index in [0.29, 0.717) is 0 Å². The summed E-state index contributed by atoms with van der Waals surface area (Å²) in [5.74, 6) is 0.931. The Morgan fingerprint density at radius 1 is 0.950 bits per heavy atom. The summed E-state index contributed by atoms with van der Waals surface area (Å²) in [5.41, 5.74) is 5.07. The lowest BCUT2D eigenvalue weighted by molar-refractivity contribution is 0.319. The van der Waals surface area contributed by atoms with Crippen LogP contribution in [0.2, 0.25) is 0 Å². The van der Waals surface area contributed by atoms with Gasteiger partial charge in [0, 0.05) is 6.54 Å². The molecule has 0 aliphatic heterocycles. The van der Waals surface area contributed by atoms with Crippen LogP contribution < -0.4 is 10.1 Å². The minimum absolute atomic E-state index is 0.752. The van der Waals surface area contributed by atoms with Crippen LogP contribution in [-0.4, -0.2) is 6.61 Å². The van der Waals surface area contributed by atoms with E-state index < -0.39 is 0 Å². The summed E-state index contributed by atoms with van der Waals surface area (Å²) >= 11 is 0. The molecular formula is C18H23NO. The molecule has 2 aromatic carbocycles. The highest BCUT2D eigenvalue weighted by molar-refractivity contribution is 5.56. The SMILES string of the molecule is CCCOc1ccccc1NCc1c(C)cccc1C. The first-order valence-electron chi connectivity index (χ1n) is 7.23. The number of ether oxygens (including phenoxy) is 1. The molecule has 0 amide bonds. The molecule has 0 atom stereocenters. The Bertz CT molecular complexity index is 543. The number of hydrogen-bond acceptors (Lipinski definition) is 2. The average molecular weight is 269 g/mol. The van der Waals surface area contributed by atoms with Gasteiger partial charge in [0.1, 0.15) is 5.75 Å². The van der Waals surface area contributed by atoms with Crippen molar-refractivity contribution in [2.24, 2.45) is 0 Å². The zero-order valence-corrected chi connectivity index (χ0v) is 12.6. The van der Waals surface area contributed by atoms with Crippen LogP contribution >= 0.6 is 0 Å². The Kier molecular flexibility index (Phi) is 5.05. The van der Waals surface area contributed by atoms with Gasteiger partial charge in [-0.05, 0) is 49.1 Å². The van der Waals surface area contributed by atoms with Gasteiger partial charge in [-0.15, -0.1) is 0 Å². The first-order chi connectivity index (χ1) is 9.72. The van der Waals surface area contributed by atoms with Crippen LogP contribution in [0.4, 0.5) is 5.69 Å². The molecule has 0 aliphatic rings. The number of hydrogen-bond donors (Lipinski definition) is 1. The van der Waals surface area contributed by atoms with E-state index in [1.807, 2.05) is 18.2 Å². The number of rotatable bonds is 6. The van der Waals surface area contributed by atoms with Crippen LogP contribution in [0.3, 0.4) is 0 Å². The molecule has 20 heavy (non-hydrogen) atoms. The molecule has 2 rings (SSSR count). The van der Waals surface area contributed by atoms with Gasteiger partial charge in [0.05, 0.1) is 12.3 Å². The van der Waals surface area contributed by atoms with Crippen molar-refractivity contribution in [3.8, 4) is 5.75 Å². The predicted octanol–water partition coefficient (Wildman–Crippen LogP) is 4.70. The van der Waals surface area contributed by atoms with Crippen LogP contribution in [0.1, 0.15) is 30.0 Å². The topological polar surface area (TPSA) is 21.3 Å². The quantitative estimate of drug-likeness (QED) is 0.820. The highest BCUT2D eigenvalue weighted by atomic mass is 16.5. The fourth-order valence-electron chi connectivity index (χ4n) is 2.26. The van der Waals surface area contributed by atoms with Crippen molar-refractivity contribution < 1.29 is 4.74 Å². The van der Waals surface area contributed by atoms with Crippen molar-refractivity contribution in [3.63, 3.8) is 0 Å². The molecule has 2 nitrogen and oxygen atoms in total. The fourth-order valence-corrected chi connectivity index (χ4v) is 2.26. The van der Waals surface area contributed by atoms with Crippen molar-refractivity contribution in [1.82, 2.24) is 0 Å². The van der Waals surface area contributed by atoms with Crippen LogP contribution in [0.25, 0.3) is 0 Å². The van der Waals surface area contributed by atoms with Gasteiger partial charge in [-0.25, -0.2) is 0 Å². The van der Waals surface area contributed by atoms with E-state index in [0.717, 1.165) is 31.0 Å². The summed E-state index contributed by atoms with van der Waals surface area (Å²) in [7, 11) is 0. The number of aryl methyl sites for hydroxylation is 2. The van der Waals surface area contributed by atoms with E-state index >= 15 is 0 Å². The monoisotopic (exact) mass is 269 g/mol. The minimum Gasteiger partial charge on any atom is -0.491 e. The zero-order valence-electron chi connectivity index (χ0n) is 12.6. The van der Waals surface area contributed by atoms with E-state index in [1.54, 1.807) is 0 Å². The van der Waals surface area contributed by atoms with Gasteiger partial charge in [-0.2, -0.15) is 0 Å². The number of benzene rings is 2. The van der Waals surface area contributed by atoms with Crippen molar-refractivity contribution >= 4 is 5.69 Å². The Labute approximate surface area is 121 Å². The van der Waals surface area contributed by atoms with Crippen LogP contribution in [-0.2, 0) is 6.54 Å². The minimum atomic E-state index is 0.752. The Morgan fingerprint density at radius 3 is 2.35 bits per heavy atom. The van der Waals surface area contributed by atoms with Crippen molar-refractivity contribution in [3.05, 3.63) is 59.2 Å². The molecule has 1 N–H and O–H groups in total. The molecule has 0 aliphatic carbocycles. The predicted molar refractivity (Wildman–Crippen MR) is 85.5 cm³/mol. The second kappa shape index (κ2) is 6.99. The lowest BCUT2D eigenvalue weighted by Crippen LogP contribution is -2.05. The summed E-state index contributed by atoms with van der Waals surface area (Å²) in [6.07, 6.45) is 1.02. The van der Waals surface area contributed by atoms with Crippen molar-refractivity contribution in [2.45, 2.75) is 33.7 Å². The normalized spacial score (nSPS) is 10.3. The average Bonchev–Trinajstić information content (AvgIpc) is 2.45. The molecule has 0 heterocycles. The first kappa shape index (κ1) is 14.4. The van der Waals surface area contributed by atoms with E-state index in [2.05, 4.69) is 50.4 Å². The lowest BCUT2D eigenvalue weighted by Gasteiger charge is -2.15. The largest absolute Gasteiger partial charge is 0.491 e. The third kappa shape index (κ3) is 3.53. The number of para-hydroxylation sites is 2. The van der Waals surface area contributed by atoms with Crippen LogP contribution in [0.15, 0.2) is 42.5 Å². The maximum Gasteiger partial charge on any atom is 0.142 e. The Balaban J connectivity index is 2.11. The molecule has 2 aromatic rings. The van der Waals surface area contributed by atoms with Gasteiger partial charge in [0.2, 0.25) is 0 Å². The first-order valence-corrected chi connectivity index (χ1v) is 7.23. The molecule has 0 fully saturated rings. The second-order valence-electron chi connectivity index (χ2n) is 5.07. The smallest absolute Gasteiger partial charge is 0.142 e. The van der Waals surface area contributed by atoms with Gasteiger partial charge in [-0.3, -0.25) is 0 Å². The summed E-state index contributed by atoms with van der Waals surface area (Å²) in [6.45, 7) is 8.01. The van der Waals surface area contributed by atoms with Crippen molar-refractivity contribution in [1.29, 1.82) is 0 Å². The summed E-state index contributed by atoms with van der Waals surface area (Å²) in [5, 5.41) is 3.50. The van der Waals surface area contributed by atoms with Gasteiger partial charge < -0.3 is 10.1 Å². The zero-order chi connectivity index (χ0) is 14.4. The Hall–Kier alpha value is -1.96. The molecule has 2 heteroatoms. The highest BCUT2D eigenvalue weighted by Gasteiger charge is 2.05. The van der Waals surface area contributed by atoms with Gasteiger partial charge in [-0.1, -0.05) is 37.3 Å². The van der Waals surface area contributed by atoms with Gasteiger partial charge >= 0.3 is 0 Å². The van der Waals surface area contributed by atoms with Gasteiger partial charge in [0.15, 0.2) is 0 Å². The summed E-state index contributed by atoms with van der Waals surface area (Å²) in [4.78, 5) is 0. The number of anilines is 1. The van der Waals surface area contributed by atoms with Crippen molar-refractivity contribution in [2.75, 3.05) is 11.9 Å². The third-order valence-corrected chi connectivity index (χ3v) is 3.45. The van der Waals surface area contributed by atoms with E-state index in [9.17, 15) is 0 Å². The molecule has 0 aromatic heterocycles. The molecule has 0 unspecified atom stereocenters. The molecular weight excluding hydrogens is 246 g/mol. The Morgan fingerprint density at radius 2 is 1.65 bits per heavy atom. The van der Waals surface area contributed by atoms with Crippen LogP contribution in [0, 0.1) is 13.8 Å². The molecule has 0 spiro atoms. The standard InChI is InChI=1S/C18H23NO/c1-4-12-20-18-11-6-5-10-17(18)19-13-16-14(2)8-7-9-15(16)3/h5-11,19H,4,12-13H2,1-3H3. The maximum absolute atomic E-state index is 5.77. The molecule has 0 saturated heterocycles. The maximum atomic E-state index is 5.77.